The summed E-state index contributed by atoms with van der Waals surface area (Å²) in [5, 5.41) is 0. The van der Waals surface area contributed by atoms with Crippen molar-refractivity contribution in [2.75, 3.05) is 7.11 Å². The first kappa shape index (κ1) is 12.4. The molecule has 0 radical (unpaired) electrons. The molecular weight excluding hydrogens is 164 g/mol. The van der Waals surface area contributed by atoms with Crippen molar-refractivity contribution in [3.05, 3.63) is 12.2 Å². The largest absolute Gasteiger partial charge is 0.377 e. The summed E-state index contributed by atoms with van der Waals surface area (Å²) < 4.78 is 5.24. The zero-order valence-corrected chi connectivity index (χ0v) is 8.66. The minimum atomic E-state index is 0.187. The summed E-state index contributed by atoms with van der Waals surface area (Å²) in [6.45, 7) is 2.18. The first-order chi connectivity index (χ1) is 6.35. The predicted molar refractivity (Wildman–Crippen MR) is 54.8 cm³/mol. The molecule has 0 saturated carbocycles. The molecule has 0 aromatic carbocycles. The van der Waals surface area contributed by atoms with E-state index in [0.717, 1.165) is 12.7 Å². The van der Waals surface area contributed by atoms with E-state index in [0.29, 0.717) is 6.42 Å². The van der Waals surface area contributed by atoms with Gasteiger partial charge in [-0.05, 0) is 6.42 Å². The van der Waals surface area contributed by atoms with Crippen LogP contribution in [0.1, 0.15) is 39.0 Å². The van der Waals surface area contributed by atoms with Crippen molar-refractivity contribution in [3.63, 3.8) is 0 Å². The van der Waals surface area contributed by atoms with Gasteiger partial charge in [0.25, 0.3) is 0 Å². The van der Waals surface area contributed by atoms with Crippen LogP contribution in [-0.4, -0.2) is 19.5 Å². The number of carbonyl (C=O) groups is 1. The van der Waals surface area contributed by atoms with E-state index in [1.807, 2.05) is 12.2 Å². The molecule has 2 heteroatoms. The smallest absolute Gasteiger partial charge is 0.123 e. The molecule has 0 spiro atoms. The lowest BCUT2D eigenvalue weighted by Crippen LogP contribution is -2.06. The highest BCUT2D eigenvalue weighted by molar-refractivity contribution is 5.51. The van der Waals surface area contributed by atoms with Crippen LogP contribution in [0.4, 0.5) is 0 Å². The van der Waals surface area contributed by atoms with Gasteiger partial charge in [-0.2, -0.15) is 0 Å². The van der Waals surface area contributed by atoms with Crippen LogP contribution in [0.3, 0.4) is 0 Å². The fourth-order valence-corrected chi connectivity index (χ4v) is 1.17. The van der Waals surface area contributed by atoms with E-state index in [-0.39, 0.29) is 6.10 Å². The first-order valence-electron chi connectivity index (χ1n) is 4.98. The van der Waals surface area contributed by atoms with Crippen molar-refractivity contribution >= 4 is 6.29 Å². The summed E-state index contributed by atoms with van der Waals surface area (Å²) in [6, 6.07) is 0. The lowest BCUT2D eigenvalue weighted by Gasteiger charge is -2.09. The number of hydrogen-bond acceptors (Lipinski definition) is 2. The molecule has 0 aliphatic rings. The molecule has 13 heavy (non-hydrogen) atoms. The molecule has 0 aromatic heterocycles. The van der Waals surface area contributed by atoms with Crippen LogP contribution in [-0.2, 0) is 9.53 Å². The Morgan fingerprint density at radius 3 is 2.69 bits per heavy atom. The molecule has 1 atom stereocenters. The second-order valence-electron chi connectivity index (χ2n) is 3.10. The van der Waals surface area contributed by atoms with Gasteiger partial charge in [-0.25, -0.2) is 0 Å². The maximum Gasteiger partial charge on any atom is 0.123 e. The molecule has 0 heterocycles. The molecule has 76 valence electrons. The Labute approximate surface area is 81.0 Å². The van der Waals surface area contributed by atoms with Crippen LogP contribution in [0.15, 0.2) is 12.2 Å². The van der Waals surface area contributed by atoms with Crippen molar-refractivity contribution in [2.24, 2.45) is 0 Å². The van der Waals surface area contributed by atoms with Crippen molar-refractivity contribution in [3.8, 4) is 0 Å². The van der Waals surface area contributed by atoms with Gasteiger partial charge in [-0.3, -0.25) is 0 Å². The van der Waals surface area contributed by atoms with Gasteiger partial charge >= 0.3 is 0 Å². The van der Waals surface area contributed by atoms with Gasteiger partial charge in [0.1, 0.15) is 6.29 Å². The molecular formula is C11H20O2. The van der Waals surface area contributed by atoms with Crippen LogP contribution < -0.4 is 0 Å². The fourth-order valence-electron chi connectivity index (χ4n) is 1.17. The summed E-state index contributed by atoms with van der Waals surface area (Å²) in [5.74, 6) is 0. The Bertz CT molecular complexity index is 141. The van der Waals surface area contributed by atoms with E-state index < -0.39 is 0 Å². The highest BCUT2D eigenvalue weighted by atomic mass is 16.5. The van der Waals surface area contributed by atoms with Crippen molar-refractivity contribution in [1.29, 1.82) is 0 Å². The molecule has 0 aliphatic heterocycles. The molecule has 1 unspecified atom stereocenters. The van der Waals surface area contributed by atoms with E-state index >= 15 is 0 Å². The number of unbranched alkanes of at least 4 members (excludes halogenated alkanes) is 2. The zero-order valence-electron chi connectivity index (χ0n) is 8.66. The lowest BCUT2D eigenvalue weighted by atomic mass is 10.1. The Morgan fingerprint density at radius 2 is 2.15 bits per heavy atom. The van der Waals surface area contributed by atoms with Crippen molar-refractivity contribution in [2.45, 2.75) is 45.1 Å². The summed E-state index contributed by atoms with van der Waals surface area (Å²) in [6.07, 6.45) is 10.2. The van der Waals surface area contributed by atoms with E-state index in [4.69, 9.17) is 4.74 Å². The van der Waals surface area contributed by atoms with Gasteiger partial charge in [-0.15, -0.1) is 0 Å². The van der Waals surface area contributed by atoms with Crippen LogP contribution in [0.5, 0.6) is 0 Å². The highest BCUT2D eigenvalue weighted by Gasteiger charge is 2.00. The second-order valence-corrected chi connectivity index (χ2v) is 3.10. The molecule has 0 bridgehead atoms. The minimum absolute atomic E-state index is 0.187. The van der Waals surface area contributed by atoms with Crippen LogP contribution in [0.25, 0.3) is 0 Å². The zero-order chi connectivity index (χ0) is 9.94. The molecule has 0 rings (SSSR count). The Balaban J connectivity index is 3.55. The first-order valence-corrected chi connectivity index (χ1v) is 4.98. The second kappa shape index (κ2) is 9.46. The number of rotatable bonds is 8. The van der Waals surface area contributed by atoms with Gasteiger partial charge < -0.3 is 9.53 Å². The Morgan fingerprint density at radius 1 is 1.38 bits per heavy atom. The fraction of sp³-hybridized carbons (Fsp3) is 0.727. The molecule has 0 amide bonds. The average molecular weight is 184 g/mol. The third kappa shape index (κ3) is 7.72. The normalized spacial score (nSPS) is 13.4. The maximum atomic E-state index is 10.0. The minimum Gasteiger partial charge on any atom is -0.377 e. The van der Waals surface area contributed by atoms with Crippen LogP contribution >= 0.6 is 0 Å². The maximum absolute atomic E-state index is 10.0. The van der Waals surface area contributed by atoms with Crippen molar-refractivity contribution < 1.29 is 9.53 Å². The summed E-state index contributed by atoms with van der Waals surface area (Å²) in [4.78, 5) is 10.0. The van der Waals surface area contributed by atoms with Gasteiger partial charge in [0.15, 0.2) is 0 Å². The predicted octanol–water partition coefficient (Wildman–Crippen LogP) is 2.73. The number of ether oxygens (including phenoxy) is 1. The van der Waals surface area contributed by atoms with Crippen LogP contribution in [0, 0.1) is 0 Å². The molecule has 0 aromatic rings. The molecule has 0 fully saturated rings. The summed E-state index contributed by atoms with van der Waals surface area (Å²) in [7, 11) is 1.71. The van der Waals surface area contributed by atoms with Crippen LogP contribution in [0.2, 0.25) is 0 Å². The van der Waals surface area contributed by atoms with Gasteiger partial charge in [-0.1, -0.05) is 38.3 Å². The van der Waals surface area contributed by atoms with Crippen molar-refractivity contribution in [1.82, 2.24) is 0 Å². The number of allylic oxidation sites excluding steroid dienone is 1. The van der Waals surface area contributed by atoms with Gasteiger partial charge in [0.05, 0.1) is 6.10 Å². The lowest BCUT2D eigenvalue weighted by molar-refractivity contribution is -0.107. The standard InChI is InChI=1S/C11H20O2/c1-3-4-5-8-11(13-2)9-6-7-10-12/h6,9-11H,3-5,7-8H2,1-2H3. The van der Waals surface area contributed by atoms with E-state index in [9.17, 15) is 4.79 Å². The Kier molecular flexibility index (Phi) is 9.00. The quantitative estimate of drug-likeness (QED) is 0.329. The van der Waals surface area contributed by atoms with E-state index in [1.165, 1.54) is 19.3 Å². The third-order valence-electron chi connectivity index (χ3n) is 1.98. The van der Waals surface area contributed by atoms with Gasteiger partial charge in [0.2, 0.25) is 0 Å². The number of aldehydes is 1. The SMILES string of the molecule is CCCCCC(C=CCC=O)OC. The summed E-state index contributed by atoms with van der Waals surface area (Å²) in [5.41, 5.74) is 0. The number of methoxy groups -OCH3 is 1. The van der Waals surface area contributed by atoms with E-state index in [2.05, 4.69) is 6.92 Å². The van der Waals surface area contributed by atoms with E-state index in [1.54, 1.807) is 7.11 Å². The summed E-state index contributed by atoms with van der Waals surface area (Å²) >= 11 is 0. The van der Waals surface area contributed by atoms with Gasteiger partial charge in [0, 0.05) is 13.5 Å². The average Bonchev–Trinajstić information content (AvgIpc) is 2.16. The topological polar surface area (TPSA) is 26.3 Å². The molecule has 0 aliphatic carbocycles. The molecule has 0 saturated heterocycles. The molecule has 2 nitrogen and oxygen atoms in total. The third-order valence-corrected chi connectivity index (χ3v) is 1.98. The monoisotopic (exact) mass is 184 g/mol. The number of hydrogen-bond donors (Lipinski definition) is 0. The highest BCUT2D eigenvalue weighted by Crippen LogP contribution is 2.07. The molecule has 0 N–H and O–H groups in total. The number of carbonyl (C=O) groups excluding carboxylic acids is 1. The Hall–Kier alpha value is -0.630.